The average Bonchev–Trinajstić information content (AvgIpc) is 2.30. The molecule has 0 radical (unpaired) electrons. The summed E-state index contributed by atoms with van der Waals surface area (Å²) in [5.41, 5.74) is 0.365. The second-order valence-electron chi connectivity index (χ2n) is 3.85. The molecule has 2 rings (SSSR count). The fourth-order valence-electron chi connectivity index (χ4n) is 1.78. The van der Waals surface area contributed by atoms with Gasteiger partial charge in [-0.15, -0.1) is 11.8 Å². The fraction of sp³-hybridized carbons (Fsp3) is 0.417. The summed E-state index contributed by atoms with van der Waals surface area (Å²) >= 11 is 4.94. The molecular weight excluding hydrogens is 304 g/mol. The lowest BCUT2D eigenvalue weighted by Gasteiger charge is -2.22. The summed E-state index contributed by atoms with van der Waals surface area (Å²) in [5.74, 6) is -0.882. The van der Waals surface area contributed by atoms with E-state index in [-0.39, 0.29) is 0 Å². The van der Waals surface area contributed by atoms with Crippen LogP contribution in [0, 0.1) is 0 Å². The van der Waals surface area contributed by atoms with E-state index in [0.29, 0.717) is 15.3 Å². The highest BCUT2D eigenvalue weighted by Gasteiger charge is 2.20. The zero-order valence-electron chi connectivity index (χ0n) is 9.19. The molecule has 1 aromatic rings. The number of benzene rings is 1. The van der Waals surface area contributed by atoms with Crippen LogP contribution in [-0.2, 0) is 4.74 Å². The summed E-state index contributed by atoms with van der Waals surface area (Å²) in [5, 5.41) is 9.66. The molecule has 0 unspecified atom stereocenters. The Morgan fingerprint density at radius 2 is 2.12 bits per heavy atom. The van der Waals surface area contributed by atoms with Gasteiger partial charge in [0.15, 0.2) is 0 Å². The predicted molar refractivity (Wildman–Crippen MR) is 70.8 cm³/mol. The van der Waals surface area contributed by atoms with Crippen molar-refractivity contribution in [1.82, 2.24) is 0 Å². The van der Waals surface area contributed by atoms with Gasteiger partial charge < -0.3 is 9.84 Å². The molecule has 0 atom stereocenters. The van der Waals surface area contributed by atoms with Crippen LogP contribution in [0.4, 0.5) is 0 Å². The van der Waals surface area contributed by atoms with Crippen molar-refractivity contribution in [2.24, 2.45) is 0 Å². The smallest absolute Gasteiger partial charge is 0.337 e. The number of hydrogen-bond donors (Lipinski definition) is 1. The first-order valence-corrected chi connectivity index (χ1v) is 7.12. The lowest BCUT2D eigenvalue weighted by molar-refractivity contribution is 0.0692. The van der Waals surface area contributed by atoms with Gasteiger partial charge in [0, 0.05) is 27.8 Å². The lowest BCUT2D eigenvalue weighted by atomic mass is 10.2. The van der Waals surface area contributed by atoms with Gasteiger partial charge in [-0.3, -0.25) is 0 Å². The van der Waals surface area contributed by atoms with E-state index in [0.717, 1.165) is 31.0 Å². The van der Waals surface area contributed by atoms with E-state index in [2.05, 4.69) is 15.9 Å². The van der Waals surface area contributed by atoms with E-state index in [4.69, 9.17) is 4.74 Å². The molecule has 1 aromatic carbocycles. The van der Waals surface area contributed by atoms with Gasteiger partial charge in [0.1, 0.15) is 0 Å². The van der Waals surface area contributed by atoms with Crippen molar-refractivity contribution in [3.63, 3.8) is 0 Å². The number of hydrogen-bond acceptors (Lipinski definition) is 3. The number of carboxylic acids is 1. The van der Waals surface area contributed by atoms with Crippen LogP contribution < -0.4 is 0 Å². The van der Waals surface area contributed by atoms with Gasteiger partial charge in [0.25, 0.3) is 0 Å². The summed E-state index contributed by atoms with van der Waals surface area (Å²) in [6, 6.07) is 5.50. The van der Waals surface area contributed by atoms with Gasteiger partial charge in [0.2, 0.25) is 0 Å². The molecular formula is C12H13BrO3S. The molecule has 3 nitrogen and oxygen atoms in total. The van der Waals surface area contributed by atoms with Gasteiger partial charge in [-0.05, 0) is 40.9 Å². The third-order valence-corrected chi connectivity index (χ3v) is 4.71. The minimum Gasteiger partial charge on any atom is -0.478 e. The number of rotatable bonds is 3. The Labute approximate surface area is 113 Å². The monoisotopic (exact) mass is 316 g/mol. The third kappa shape index (κ3) is 3.24. The highest BCUT2D eigenvalue weighted by atomic mass is 79.9. The van der Waals surface area contributed by atoms with Crippen LogP contribution in [0.15, 0.2) is 27.6 Å². The number of ether oxygens (including phenoxy) is 1. The van der Waals surface area contributed by atoms with Crippen LogP contribution in [0.3, 0.4) is 0 Å². The first kappa shape index (κ1) is 12.9. The highest BCUT2D eigenvalue weighted by molar-refractivity contribution is 9.10. The predicted octanol–water partition coefficient (Wildman–Crippen LogP) is 3.42. The summed E-state index contributed by atoms with van der Waals surface area (Å²) in [7, 11) is 0. The maximum Gasteiger partial charge on any atom is 0.337 e. The van der Waals surface area contributed by atoms with Crippen molar-refractivity contribution >= 4 is 33.7 Å². The topological polar surface area (TPSA) is 46.5 Å². The molecule has 1 aliphatic rings. The normalized spacial score (nSPS) is 17.0. The molecule has 0 aromatic heterocycles. The standard InChI is InChI=1S/C12H13BrO3S/c13-9-2-1-3-10(11(9)12(14)15)17-8-4-6-16-7-5-8/h1-3,8H,4-7H2,(H,14,15). The fourth-order valence-corrected chi connectivity index (χ4v) is 3.71. The van der Waals surface area contributed by atoms with Gasteiger partial charge in [0.05, 0.1) is 5.56 Å². The van der Waals surface area contributed by atoms with E-state index in [1.807, 2.05) is 12.1 Å². The minimum absolute atomic E-state index is 0.365. The molecule has 1 heterocycles. The van der Waals surface area contributed by atoms with Crippen LogP contribution in [-0.4, -0.2) is 29.5 Å². The Morgan fingerprint density at radius 1 is 1.41 bits per heavy atom. The van der Waals surface area contributed by atoms with Crippen LogP contribution in [0.2, 0.25) is 0 Å². The van der Waals surface area contributed by atoms with Crippen molar-refractivity contribution in [3.8, 4) is 0 Å². The zero-order chi connectivity index (χ0) is 12.3. The molecule has 92 valence electrons. The molecule has 0 amide bonds. The Bertz CT molecular complexity index is 416. The SMILES string of the molecule is O=C(O)c1c(Br)cccc1SC1CCOCC1. The summed E-state index contributed by atoms with van der Waals surface area (Å²) < 4.78 is 5.94. The van der Waals surface area contributed by atoms with Crippen LogP contribution in [0.1, 0.15) is 23.2 Å². The van der Waals surface area contributed by atoms with Crippen molar-refractivity contribution in [1.29, 1.82) is 0 Å². The van der Waals surface area contributed by atoms with Gasteiger partial charge in [-0.2, -0.15) is 0 Å². The largest absolute Gasteiger partial charge is 0.478 e. The van der Waals surface area contributed by atoms with Crippen LogP contribution >= 0.6 is 27.7 Å². The molecule has 1 aliphatic heterocycles. The molecule has 17 heavy (non-hydrogen) atoms. The number of halogens is 1. The number of carboxylic acid groups (broad SMARTS) is 1. The van der Waals surface area contributed by atoms with Crippen LogP contribution in [0.25, 0.3) is 0 Å². The van der Waals surface area contributed by atoms with Crippen molar-refractivity contribution in [3.05, 3.63) is 28.2 Å². The number of thioether (sulfide) groups is 1. The van der Waals surface area contributed by atoms with Crippen molar-refractivity contribution < 1.29 is 14.6 Å². The first-order valence-electron chi connectivity index (χ1n) is 5.44. The zero-order valence-corrected chi connectivity index (χ0v) is 11.6. The van der Waals surface area contributed by atoms with E-state index in [1.54, 1.807) is 17.8 Å². The molecule has 0 bridgehead atoms. The van der Waals surface area contributed by atoms with Crippen molar-refractivity contribution in [2.75, 3.05) is 13.2 Å². The van der Waals surface area contributed by atoms with E-state index >= 15 is 0 Å². The van der Waals surface area contributed by atoms with E-state index in [9.17, 15) is 9.90 Å². The number of aromatic carboxylic acids is 1. The molecule has 0 saturated carbocycles. The molecule has 1 saturated heterocycles. The summed E-state index contributed by atoms with van der Waals surface area (Å²) in [6.07, 6.45) is 1.96. The first-order chi connectivity index (χ1) is 8.18. The summed E-state index contributed by atoms with van der Waals surface area (Å²) in [6.45, 7) is 1.54. The van der Waals surface area contributed by atoms with Gasteiger partial charge in [-0.25, -0.2) is 4.79 Å². The molecule has 5 heteroatoms. The Balaban J connectivity index is 2.19. The third-order valence-electron chi connectivity index (χ3n) is 2.65. The lowest BCUT2D eigenvalue weighted by Crippen LogP contribution is -2.17. The summed E-state index contributed by atoms with van der Waals surface area (Å²) in [4.78, 5) is 12.0. The molecule has 0 spiro atoms. The quantitative estimate of drug-likeness (QED) is 0.928. The Hall–Kier alpha value is -0.520. The number of carbonyl (C=O) groups is 1. The van der Waals surface area contributed by atoms with Crippen molar-refractivity contribution in [2.45, 2.75) is 23.0 Å². The van der Waals surface area contributed by atoms with Crippen LogP contribution in [0.5, 0.6) is 0 Å². The highest BCUT2D eigenvalue weighted by Crippen LogP contribution is 2.34. The Morgan fingerprint density at radius 3 is 2.76 bits per heavy atom. The van der Waals surface area contributed by atoms with Gasteiger partial charge in [-0.1, -0.05) is 6.07 Å². The minimum atomic E-state index is -0.882. The Kier molecular flexibility index (Phi) is 4.48. The molecule has 0 aliphatic carbocycles. The molecule has 1 fully saturated rings. The maximum absolute atomic E-state index is 11.2. The van der Waals surface area contributed by atoms with Gasteiger partial charge >= 0.3 is 5.97 Å². The van der Waals surface area contributed by atoms with E-state index < -0.39 is 5.97 Å². The van der Waals surface area contributed by atoms with E-state index in [1.165, 1.54) is 0 Å². The molecule has 1 N–H and O–H groups in total. The second-order valence-corrected chi connectivity index (χ2v) is 6.04. The maximum atomic E-state index is 11.2. The average molecular weight is 317 g/mol. The second kappa shape index (κ2) is 5.89.